The van der Waals surface area contributed by atoms with Crippen LogP contribution in [0.1, 0.15) is 26.3 Å². The van der Waals surface area contributed by atoms with Gasteiger partial charge in [0.05, 0.1) is 12.6 Å². The van der Waals surface area contributed by atoms with Gasteiger partial charge in [-0.2, -0.15) is 0 Å². The molecule has 0 aliphatic heterocycles. The maximum Gasteiger partial charge on any atom is 0.253 e. The molecule has 1 aromatic heterocycles. The van der Waals surface area contributed by atoms with E-state index < -0.39 is 5.41 Å². The summed E-state index contributed by atoms with van der Waals surface area (Å²) in [7, 11) is 1.58. The van der Waals surface area contributed by atoms with Crippen molar-refractivity contribution in [2.45, 2.75) is 27.3 Å². The van der Waals surface area contributed by atoms with Gasteiger partial charge in [-0.05, 0) is 23.6 Å². The van der Waals surface area contributed by atoms with Crippen LogP contribution in [0, 0.1) is 5.41 Å². The number of benzene rings is 1. The smallest absolute Gasteiger partial charge is 0.253 e. The van der Waals surface area contributed by atoms with Crippen LogP contribution in [0.25, 0.3) is 10.9 Å². The van der Waals surface area contributed by atoms with E-state index in [4.69, 9.17) is 4.74 Å². The van der Waals surface area contributed by atoms with Gasteiger partial charge in [0.2, 0.25) is 5.91 Å². The molecule has 0 spiro atoms. The number of ether oxygens (including phenoxy) is 1. The van der Waals surface area contributed by atoms with Gasteiger partial charge in [-0.1, -0.05) is 20.8 Å². The lowest BCUT2D eigenvalue weighted by Gasteiger charge is -2.17. The second-order valence-electron chi connectivity index (χ2n) is 6.01. The van der Waals surface area contributed by atoms with Crippen LogP contribution in [-0.2, 0) is 11.3 Å². The highest BCUT2D eigenvalue weighted by atomic mass is 16.5. The Morgan fingerprint density at radius 1 is 1.29 bits per heavy atom. The molecule has 1 aromatic carbocycles. The lowest BCUT2D eigenvalue weighted by atomic mass is 9.95. The number of aromatic nitrogens is 1. The Bertz CT molecular complexity index is 726. The largest absolute Gasteiger partial charge is 0.497 e. The van der Waals surface area contributed by atoms with Gasteiger partial charge in [0.15, 0.2) is 0 Å². The number of rotatable bonds is 3. The molecule has 0 bridgehead atoms. The predicted octanol–water partition coefficient (Wildman–Crippen LogP) is 2.20. The Balaban J connectivity index is 2.27. The van der Waals surface area contributed by atoms with Gasteiger partial charge < -0.3 is 15.0 Å². The third-order valence-electron chi connectivity index (χ3n) is 3.25. The molecule has 1 heterocycles. The summed E-state index contributed by atoms with van der Waals surface area (Å²) in [5.74, 6) is 0.601. The average molecular weight is 288 g/mol. The first-order valence-electron chi connectivity index (χ1n) is 6.79. The first-order chi connectivity index (χ1) is 9.81. The maximum absolute atomic E-state index is 12.0. The van der Waals surface area contributed by atoms with E-state index in [2.05, 4.69) is 10.3 Å². The minimum atomic E-state index is -0.475. The molecular weight excluding hydrogens is 268 g/mol. The number of carbonyl (C=O) groups is 1. The van der Waals surface area contributed by atoms with Gasteiger partial charge in [-0.25, -0.2) is 0 Å². The lowest BCUT2D eigenvalue weighted by Crippen LogP contribution is -2.35. The number of nitrogens with one attached hydrogen (secondary N) is 2. The zero-order valence-corrected chi connectivity index (χ0v) is 12.7. The Morgan fingerprint density at radius 2 is 2.00 bits per heavy atom. The van der Waals surface area contributed by atoms with E-state index in [0.717, 1.165) is 5.39 Å². The summed E-state index contributed by atoms with van der Waals surface area (Å²) in [6, 6.07) is 7.27. The molecule has 0 radical (unpaired) electrons. The van der Waals surface area contributed by atoms with E-state index in [1.807, 2.05) is 32.9 Å². The fourth-order valence-corrected chi connectivity index (χ4v) is 1.92. The Kier molecular flexibility index (Phi) is 4.02. The van der Waals surface area contributed by atoms with Crippen LogP contribution in [0.5, 0.6) is 5.75 Å². The van der Waals surface area contributed by atoms with E-state index in [0.29, 0.717) is 16.8 Å². The molecule has 1 amide bonds. The highest BCUT2D eigenvalue weighted by molar-refractivity contribution is 5.82. The van der Waals surface area contributed by atoms with Crippen molar-refractivity contribution < 1.29 is 9.53 Å². The summed E-state index contributed by atoms with van der Waals surface area (Å²) in [5.41, 5.74) is 0.567. The number of methoxy groups -OCH3 is 1. The Morgan fingerprint density at radius 3 is 2.62 bits per heavy atom. The molecule has 2 N–H and O–H groups in total. The van der Waals surface area contributed by atoms with Crippen molar-refractivity contribution in [1.29, 1.82) is 0 Å². The third kappa shape index (κ3) is 3.42. The van der Waals surface area contributed by atoms with Crippen molar-refractivity contribution in [3.63, 3.8) is 0 Å². The van der Waals surface area contributed by atoms with Crippen LogP contribution in [0.3, 0.4) is 0 Å². The first kappa shape index (κ1) is 15.1. The van der Waals surface area contributed by atoms with Gasteiger partial charge in [-0.15, -0.1) is 0 Å². The van der Waals surface area contributed by atoms with Crippen molar-refractivity contribution in [2.24, 2.45) is 5.41 Å². The zero-order chi connectivity index (χ0) is 15.6. The number of hydrogen-bond donors (Lipinski definition) is 2. The molecule has 2 rings (SSSR count). The van der Waals surface area contributed by atoms with Crippen LogP contribution in [-0.4, -0.2) is 18.0 Å². The summed E-state index contributed by atoms with van der Waals surface area (Å²) in [6.45, 7) is 5.71. The second kappa shape index (κ2) is 5.60. The number of pyridine rings is 1. The van der Waals surface area contributed by atoms with Crippen molar-refractivity contribution in [3.05, 3.63) is 40.2 Å². The average Bonchev–Trinajstić information content (AvgIpc) is 2.43. The second-order valence-corrected chi connectivity index (χ2v) is 6.01. The first-order valence-corrected chi connectivity index (χ1v) is 6.79. The number of carbonyl (C=O) groups excluding carboxylic acids is 1. The van der Waals surface area contributed by atoms with Gasteiger partial charge in [-0.3, -0.25) is 9.59 Å². The third-order valence-corrected chi connectivity index (χ3v) is 3.25. The Hall–Kier alpha value is -2.30. The zero-order valence-electron chi connectivity index (χ0n) is 12.7. The lowest BCUT2D eigenvalue weighted by molar-refractivity contribution is -0.128. The molecule has 0 fully saturated rings. The van der Waals surface area contributed by atoms with E-state index >= 15 is 0 Å². The quantitative estimate of drug-likeness (QED) is 0.909. The summed E-state index contributed by atoms with van der Waals surface area (Å²) in [6.07, 6.45) is 0. The molecule has 21 heavy (non-hydrogen) atoms. The summed E-state index contributed by atoms with van der Waals surface area (Å²) < 4.78 is 5.13. The molecule has 0 aliphatic rings. The summed E-state index contributed by atoms with van der Waals surface area (Å²) >= 11 is 0. The molecule has 2 aromatic rings. The minimum Gasteiger partial charge on any atom is -0.497 e. The fourth-order valence-electron chi connectivity index (χ4n) is 1.92. The van der Waals surface area contributed by atoms with E-state index in [-0.39, 0.29) is 18.0 Å². The van der Waals surface area contributed by atoms with Crippen LogP contribution in [0.4, 0.5) is 0 Å². The molecule has 5 nitrogen and oxygen atoms in total. The maximum atomic E-state index is 12.0. The minimum absolute atomic E-state index is 0.0864. The van der Waals surface area contributed by atoms with Gasteiger partial charge in [0, 0.05) is 23.6 Å². The monoisotopic (exact) mass is 288 g/mol. The van der Waals surface area contributed by atoms with Crippen LogP contribution in [0.2, 0.25) is 0 Å². The highest BCUT2D eigenvalue weighted by Gasteiger charge is 2.20. The standard InChI is InChI=1S/C16H20N2O3/c1-16(2,3)15(20)17-9-11-7-10-5-6-12(21-4)8-13(10)18-14(11)19/h5-8H,9H2,1-4H3,(H,17,20)(H,18,19). The van der Waals surface area contributed by atoms with E-state index in [1.54, 1.807) is 19.2 Å². The molecular formula is C16H20N2O3. The van der Waals surface area contributed by atoms with E-state index in [1.165, 1.54) is 0 Å². The molecule has 0 saturated heterocycles. The molecule has 0 saturated carbocycles. The molecule has 5 heteroatoms. The summed E-state index contributed by atoms with van der Waals surface area (Å²) in [4.78, 5) is 26.7. The van der Waals surface area contributed by atoms with Crippen molar-refractivity contribution in [2.75, 3.05) is 7.11 Å². The molecule has 0 aliphatic carbocycles. The topological polar surface area (TPSA) is 71.2 Å². The number of amides is 1. The van der Waals surface area contributed by atoms with E-state index in [9.17, 15) is 9.59 Å². The predicted molar refractivity (Wildman–Crippen MR) is 82.4 cm³/mol. The van der Waals surface area contributed by atoms with Crippen LogP contribution < -0.4 is 15.6 Å². The van der Waals surface area contributed by atoms with Crippen molar-refractivity contribution >= 4 is 16.8 Å². The molecule has 0 unspecified atom stereocenters. The number of H-pyrrole nitrogens is 1. The van der Waals surface area contributed by atoms with Crippen LogP contribution >= 0.6 is 0 Å². The number of aromatic amines is 1. The number of fused-ring (bicyclic) bond motifs is 1. The summed E-state index contributed by atoms with van der Waals surface area (Å²) in [5, 5.41) is 3.68. The van der Waals surface area contributed by atoms with Gasteiger partial charge >= 0.3 is 0 Å². The fraction of sp³-hybridized carbons (Fsp3) is 0.375. The molecule has 112 valence electrons. The van der Waals surface area contributed by atoms with Gasteiger partial charge in [0.25, 0.3) is 5.56 Å². The van der Waals surface area contributed by atoms with Crippen molar-refractivity contribution in [3.8, 4) is 5.75 Å². The van der Waals surface area contributed by atoms with Crippen molar-refractivity contribution in [1.82, 2.24) is 10.3 Å². The normalized spacial score (nSPS) is 11.4. The molecule has 0 atom stereocenters. The Labute approximate surface area is 123 Å². The highest BCUT2D eigenvalue weighted by Crippen LogP contribution is 2.18. The number of hydrogen-bond acceptors (Lipinski definition) is 3. The van der Waals surface area contributed by atoms with Gasteiger partial charge in [0.1, 0.15) is 5.75 Å². The van der Waals surface area contributed by atoms with Crippen LogP contribution in [0.15, 0.2) is 29.1 Å². The SMILES string of the molecule is COc1ccc2cc(CNC(=O)C(C)(C)C)c(=O)[nH]c2c1.